The first-order chi connectivity index (χ1) is 17.2. The molecule has 2 amide bonds. The highest BCUT2D eigenvalue weighted by Gasteiger charge is 2.37. The van der Waals surface area contributed by atoms with Gasteiger partial charge in [-0.05, 0) is 63.6 Å². The number of likely N-dealkylation sites (tertiary alicyclic amines) is 1. The van der Waals surface area contributed by atoms with Gasteiger partial charge < -0.3 is 15.0 Å². The Morgan fingerprint density at radius 1 is 0.972 bits per heavy atom. The highest BCUT2D eigenvalue weighted by Crippen LogP contribution is 2.36. The second kappa shape index (κ2) is 11.6. The molecule has 4 atom stereocenters. The van der Waals surface area contributed by atoms with E-state index in [9.17, 15) is 13.8 Å². The number of ether oxygens (including phenoxy) is 1. The van der Waals surface area contributed by atoms with Crippen LogP contribution in [0, 0.1) is 11.8 Å². The summed E-state index contributed by atoms with van der Waals surface area (Å²) in [4.78, 5) is 28.0. The van der Waals surface area contributed by atoms with E-state index in [0.29, 0.717) is 26.2 Å². The van der Waals surface area contributed by atoms with Crippen LogP contribution in [0.4, 0.5) is 4.79 Å². The largest absolute Gasteiger partial charge is 0.444 e. The van der Waals surface area contributed by atoms with Crippen molar-refractivity contribution in [3.8, 4) is 0 Å². The minimum atomic E-state index is -1.37. The van der Waals surface area contributed by atoms with Crippen LogP contribution in [0.5, 0.6) is 0 Å². The van der Waals surface area contributed by atoms with Crippen LogP contribution in [0.2, 0.25) is 0 Å². The maximum absolute atomic E-state index is 13.6. The summed E-state index contributed by atoms with van der Waals surface area (Å²) >= 11 is 0. The third-order valence-electron chi connectivity index (χ3n) is 6.75. The SMILES string of the molecule is CC(C)(C)OC(=O)N1CC[C@@H](CNC(=O)C2CCC(c3ccccc3)N(S(=O)c3ccccc3)C2)C1. The van der Waals surface area contributed by atoms with E-state index in [1.807, 2.05) is 73.6 Å². The van der Waals surface area contributed by atoms with Gasteiger partial charge in [-0.2, -0.15) is 0 Å². The Balaban J connectivity index is 1.37. The zero-order valence-corrected chi connectivity index (χ0v) is 22.2. The summed E-state index contributed by atoms with van der Waals surface area (Å²) < 4.78 is 21.0. The lowest BCUT2D eigenvalue weighted by Crippen LogP contribution is -2.46. The summed E-state index contributed by atoms with van der Waals surface area (Å²) in [7, 11) is -1.37. The standard InChI is InChI=1S/C28H37N3O4S/c1-28(2,3)35-27(33)30-17-16-21(19-30)18-29-26(32)23-14-15-25(22-10-6-4-7-11-22)31(20-23)36(34)24-12-8-5-9-13-24/h4-13,21,23,25H,14-20H2,1-3H3,(H,29,32)/t21-,23?,25?,36?/m0/s1. The molecule has 2 aromatic rings. The van der Waals surface area contributed by atoms with Gasteiger partial charge in [-0.3, -0.25) is 4.79 Å². The van der Waals surface area contributed by atoms with Crippen LogP contribution >= 0.6 is 0 Å². The molecule has 2 saturated heterocycles. The quantitative estimate of drug-likeness (QED) is 0.618. The van der Waals surface area contributed by atoms with Crippen molar-refractivity contribution in [2.75, 3.05) is 26.2 Å². The van der Waals surface area contributed by atoms with Gasteiger partial charge in [0.1, 0.15) is 16.6 Å². The van der Waals surface area contributed by atoms with Crippen LogP contribution in [0.3, 0.4) is 0 Å². The van der Waals surface area contributed by atoms with Gasteiger partial charge in [-0.15, -0.1) is 0 Å². The lowest BCUT2D eigenvalue weighted by molar-refractivity contribution is -0.126. The van der Waals surface area contributed by atoms with Gasteiger partial charge in [0.2, 0.25) is 5.91 Å². The Kier molecular flexibility index (Phi) is 8.46. The van der Waals surface area contributed by atoms with E-state index in [1.165, 1.54) is 0 Å². The van der Waals surface area contributed by atoms with Crippen LogP contribution in [0.1, 0.15) is 51.6 Å². The van der Waals surface area contributed by atoms with Gasteiger partial charge >= 0.3 is 6.09 Å². The molecular formula is C28H37N3O4S. The molecule has 7 nitrogen and oxygen atoms in total. The lowest BCUT2D eigenvalue weighted by Gasteiger charge is -2.38. The lowest BCUT2D eigenvalue weighted by atomic mass is 9.90. The monoisotopic (exact) mass is 511 g/mol. The second-order valence-electron chi connectivity index (χ2n) is 10.7. The fourth-order valence-corrected chi connectivity index (χ4v) is 6.33. The molecule has 2 aliphatic rings. The van der Waals surface area contributed by atoms with Gasteiger partial charge in [0.05, 0.1) is 10.8 Å². The van der Waals surface area contributed by atoms with Gasteiger partial charge in [0, 0.05) is 32.2 Å². The highest BCUT2D eigenvalue weighted by molar-refractivity contribution is 7.82. The molecular weight excluding hydrogens is 474 g/mol. The summed E-state index contributed by atoms with van der Waals surface area (Å²) in [6, 6.07) is 19.5. The number of carbonyl (C=O) groups excluding carboxylic acids is 2. The van der Waals surface area contributed by atoms with Crippen molar-refractivity contribution < 1.29 is 18.5 Å². The summed E-state index contributed by atoms with van der Waals surface area (Å²) in [5.74, 6) is -0.0371. The van der Waals surface area contributed by atoms with E-state index in [0.717, 1.165) is 29.7 Å². The van der Waals surface area contributed by atoms with Crippen LogP contribution in [-0.4, -0.2) is 57.2 Å². The van der Waals surface area contributed by atoms with Crippen LogP contribution < -0.4 is 5.32 Å². The van der Waals surface area contributed by atoms with Crippen LogP contribution in [-0.2, 0) is 20.5 Å². The van der Waals surface area contributed by atoms with Gasteiger partial charge in [0.25, 0.3) is 0 Å². The zero-order chi connectivity index (χ0) is 25.7. The smallest absolute Gasteiger partial charge is 0.410 e. The molecule has 2 heterocycles. The number of nitrogens with zero attached hydrogens (tertiary/aromatic N) is 2. The van der Waals surface area contributed by atoms with Crippen molar-refractivity contribution in [2.45, 2.75) is 56.6 Å². The van der Waals surface area contributed by atoms with Crippen molar-refractivity contribution in [1.82, 2.24) is 14.5 Å². The van der Waals surface area contributed by atoms with E-state index in [1.54, 1.807) is 4.90 Å². The Bertz CT molecular complexity index is 1060. The number of benzene rings is 2. The van der Waals surface area contributed by atoms with Crippen LogP contribution in [0.25, 0.3) is 0 Å². The highest BCUT2D eigenvalue weighted by atomic mass is 32.2. The average molecular weight is 512 g/mol. The van der Waals surface area contributed by atoms with Crippen molar-refractivity contribution in [2.24, 2.45) is 11.8 Å². The predicted octanol–water partition coefficient (Wildman–Crippen LogP) is 4.54. The Morgan fingerprint density at radius 3 is 2.31 bits per heavy atom. The molecule has 0 radical (unpaired) electrons. The average Bonchev–Trinajstić information content (AvgIpc) is 3.36. The number of carbonyl (C=O) groups is 2. The number of amides is 2. The second-order valence-corrected chi connectivity index (χ2v) is 12.1. The minimum Gasteiger partial charge on any atom is -0.444 e. The van der Waals surface area contributed by atoms with E-state index in [4.69, 9.17) is 4.74 Å². The molecule has 1 N–H and O–H groups in total. The molecule has 0 saturated carbocycles. The molecule has 36 heavy (non-hydrogen) atoms. The molecule has 3 unspecified atom stereocenters. The summed E-state index contributed by atoms with van der Waals surface area (Å²) in [6.45, 7) is 7.76. The Morgan fingerprint density at radius 2 is 1.64 bits per heavy atom. The Labute approximate surface area is 216 Å². The number of nitrogens with one attached hydrogen (secondary N) is 1. The summed E-state index contributed by atoms with van der Waals surface area (Å²) in [5, 5.41) is 3.11. The van der Waals surface area contributed by atoms with Crippen molar-refractivity contribution >= 4 is 23.0 Å². The van der Waals surface area contributed by atoms with E-state index < -0.39 is 16.6 Å². The van der Waals surface area contributed by atoms with Crippen molar-refractivity contribution in [3.63, 3.8) is 0 Å². The van der Waals surface area contributed by atoms with Crippen LogP contribution in [0.15, 0.2) is 65.6 Å². The molecule has 0 bridgehead atoms. The van der Waals surface area contributed by atoms with E-state index in [-0.39, 0.29) is 29.9 Å². The number of piperidine rings is 1. The number of hydrogen-bond acceptors (Lipinski definition) is 4. The molecule has 2 aromatic carbocycles. The predicted molar refractivity (Wildman–Crippen MR) is 140 cm³/mol. The minimum absolute atomic E-state index is 0.00601. The molecule has 0 aromatic heterocycles. The maximum atomic E-state index is 13.6. The molecule has 2 aliphatic heterocycles. The number of rotatable bonds is 6. The summed E-state index contributed by atoms with van der Waals surface area (Å²) in [6.07, 6.45) is 2.04. The van der Waals surface area contributed by atoms with E-state index >= 15 is 0 Å². The van der Waals surface area contributed by atoms with Crippen molar-refractivity contribution in [1.29, 1.82) is 0 Å². The molecule has 0 aliphatic carbocycles. The van der Waals surface area contributed by atoms with Crippen molar-refractivity contribution in [3.05, 3.63) is 66.2 Å². The first-order valence-electron chi connectivity index (χ1n) is 12.8. The molecule has 4 rings (SSSR count). The number of hydrogen-bond donors (Lipinski definition) is 1. The molecule has 2 fully saturated rings. The maximum Gasteiger partial charge on any atom is 0.410 e. The first kappa shape index (κ1) is 26.4. The zero-order valence-electron chi connectivity index (χ0n) is 21.4. The van der Waals surface area contributed by atoms with E-state index in [2.05, 4.69) is 17.4 Å². The van der Waals surface area contributed by atoms with Gasteiger partial charge in [0.15, 0.2) is 0 Å². The first-order valence-corrected chi connectivity index (χ1v) is 13.9. The molecule has 8 heteroatoms. The fraction of sp³-hybridized carbons (Fsp3) is 0.500. The molecule has 194 valence electrons. The van der Waals surface area contributed by atoms with Gasteiger partial charge in [-0.25, -0.2) is 13.3 Å². The normalized spacial score (nSPS) is 23.8. The fourth-order valence-electron chi connectivity index (χ4n) is 4.90. The third-order valence-corrected chi connectivity index (χ3v) is 8.26. The summed E-state index contributed by atoms with van der Waals surface area (Å²) in [5.41, 5.74) is 0.599. The Hall–Kier alpha value is -2.71. The molecule has 0 spiro atoms. The van der Waals surface area contributed by atoms with Gasteiger partial charge in [-0.1, -0.05) is 48.5 Å². The third kappa shape index (κ3) is 6.73. The topological polar surface area (TPSA) is 79.0 Å².